The van der Waals surface area contributed by atoms with Gasteiger partial charge in [-0.25, -0.2) is 0 Å². The van der Waals surface area contributed by atoms with Crippen molar-refractivity contribution in [3.8, 4) is 5.69 Å². The second kappa shape index (κ2) is 7.02. The van der Waals surface area contributed by atoms with E-state index in [1.54, 1.807) is 16.8 Å². The van der Waals surface area contributed by atoms with Crippen LogP contribution in [-0.2, 0) is 0 Å². The van der Waals surface area contributed by atoms with Crippen molar-refractivity contribution >= 4 is 17.4 Å². The summed E-state index contributed by atoms with van der Waals surface area (Å²) in [4.78, 5) is 10.6. The van der Waals surface area contributed by atoms with E-state index in [1.165, 1.54) is 17.8 Å². The highest BCUT2D eigenvalue weighted by atomic mass is 32.2. The molecule has 25 heavy (non-hydrogen) atoms. The van der Waals surface area contributed by atoms with Crippen molar-refractivity contribution in [2.75, 3.05) is 0 Å². The van der Waals surface area contributed by atoms with Gasteiger partial charge in [-0.15, -0.1) is 5.10 Å². The van der Waals surface area contributed by atoms with E-state index in [0.717, 1.165) is 22.4 Å². The summed E-state index contributed by atoms with van der Waals surface area (Å²) in [5.41, 5.74) is 4.06. The molecular weight excluding hydrogens is 338 g/mol. The molecule has 0 amide bonds. The van der Waals surface area contributed by atoms with Gasteiger partial charge in [0, 0.05) is 17.4 Å². The first-order valence-electron chi connectivity index (χ1n) is 7.73. The van der Waals surface area contributed by atoms with Gasteiger partial charge in [0.15, 0.2) is 0 Å². The number of hydrogen-bond donors (Lipinski definition) is 0. The van der Waals surface area contributed by atoms with E-state index in [4.69, 9.17) is 0 Å². The van der Waals surface area contributed by atoms with E-state index >= 15 is 0 Å². The van der Waals surface area contributed by atoms with Gasteiger partial charge >= 0.3 is 0 Å². The third-order valence-corrected chi connectivity index (χ3v) is 5.02. The quantitative estimate of drug-likeness (QED) is 0.390. The molecule has 128 valence electrons. The van der Waals surface area contributed by atoms with Crippen LogP contribution >= 0.6 is 11.8 Å². The van der Waals surface area contributed by atoms with Gasteiger partial charge in [0.2, 0.25) is 5.16 Å². The Morgan fingerprint density at radius 2 is 1.84 bits per heavy atom. The van der Waals surface area contributed by atoms with Gasteiger partial charge in [-0.2, -0.15) is 4.68 Å². The summed E-state index contributed by atoms with van der Waals surface area (Å²) >= 11 is 1.47. The van der Waals surface area contributed by atoms with E-state index < -0.39 is 0 Å². The second-order valence-electron chi connectivity index (χ2n) is 5.73. The Morgan fingerprint density at radius 1 is 1.16 bits per heavy atom. The Hall–Kier alpha value is -2.74. The number of aryl methyl sites for hydroxylation is 2. The SMILES string of the molecule is Cc1cccc(C)c1-n1nnnc1S[C@H](C)c1cccc([N+](=O)[O-])c1. The maximum absolute atomic E-state index is 11.0. The average molecular weight is 355 g/mol. The molecule has 0 spiro atoms. The van der Waals surface area contributed by atoms with Crippen molar-refractivity contribution in [2.24, 2.45) is 0 Å². The van der Waals surface area contributed by atoms with Gasteiger partial charge in [-0.3, -0.25) is 10.1 Å². The first-order valence-corrected chi connectivity index (χ1v) is 8.61. The standard InChI is InChI=1S/C17H17N5O2S/c1-11-6-4-7-12(2)16(11)21-17(18-19-20-21)25-13(3)14-8-5-9-15(10-14)22(23)24/h4-10,13H,1-3H3/t13-/m1/s1. The molecule has 0 N–H and O–H groups in total. The molecule has 0 unspecified atom stereocenters. The first kappa shape index (κ1) is 17.1. The summed E-state index contributed by atoms with van der Waals surface area (Å²) < 4.78 is 1.73. The first-order chi connectivity index (χ1) is 12.0. The Kier molecular flexibility index (Phi) is 4.80. The van der Waals surface area contributed by atoms with Gasteiger partial charge in [0.1, 0.15) is 0 Å². The van der Waals surface area contributed by atoms with Gasteiger partial charge in [0.05, 0.1) is 10.6 Å². The van der Waals surface area contributed by atoms with Crippen LogP contribution in [0.4, 0.5) is 5.69 Å². The molecule has 3 aromatic rings. The lowest BCUT2D eigenvalue weighted by Gasteiger charge is -2.13. The summed E-state index contributed by atoms with van der Waals surface area (Å²) in [5, 5.41) is 23.6. The van der Waals surface area contributed by atoms with E-state index in [2.05, 4.69) is 15.5 Å². The predicted octanol–water partition coefficient (Wildman–Crippen LogP) is 4.04. The number of rotatable bonds is 5. The van der Waals surface area contributed by atoms with Gasteiger partial charge < -0.3 is 0 Å². The minimum atomic E-state index is -0.387. The zero-order chi connectivity index (χ0) is 18.0. The number of nitrogens with zero attached hydrogens (tertiary/aromatic N) is 5. The summed E-state index contributed by atoms with van der Waals surface area (Å²) in [5.74, 6) is 0. The van der Waals surface area contributed by atoms with Crippen LogP contribution in [0.2, 0.25) is 0 Å². The molecule has 3 rings (SSSR count). The molecule has 0 fully saturated rings. The van der Waals surface area contributed by atoms with Crippen LogP contribution in [0.5, 0.6) is 0 Å². The molecule has 1 atom stereocenters. The lowest BCUT2D eigenvalue weighted by Crippen LogP contribution is -2.04. The molecule has 1 aromatic heterocycles. The largest absolute Gasteiger partial charge is 0.269 e. The van der Waals surface area contributed by atoms with Crippen molar-refractivity contribution in [3.05, 3.63) is 69.3 Å². The number of hydrogen-bond acceptors (Lipinski definition) is 6. The molecule has 2 aromatic carbocycles. The number of aromatic nitrogens is 4. The highest BCUT2D eigenvalue weighted by Gasteiger charge is 2.18. The van der Waals surface area contributed by atoms with Crippen molar-refractivity contribution in [1.29, 1.82) is 0 Å². The Labute approximate surface area is 149 Å². The Balaban J connectivity index is 1.91. The topological polar surface area (TPSA) is 86.7 Å². The van der Waals surface area contributed by atoms with E-state index in [0.29, 0.717) is 5.16 Å². The summed E-state index contributed by atoms with van der Waals surface area (Å²) in [6, 6.07) is 12.7. The molecule has 0 aliphatic heterocycles. The van der Waals surface area contributed by atoms with Crippen LogP contribution in [-0.4, -0.2) is 25.1 Å². The lowest BCUT2D eigenvalue weighted by atomic mass is 10.1. The number of tetrazole rings is 1. The average Bonchev–Trinajstić information content (AvgIpc) is 3.02. The van der Waals surface area contributed by atoms with Crippen LogP contribution in [0, 0.1) is 24.0 Å². The zero-order valence-electron chi connectivity index (χ0n) is 14.1. The van der Waals surface area contributed by atoms with Crippen molar-refractivity contribution < 1.29 is 4.92 Å². The number of thioether (sulfide) groups is 1. The summed E-state index contributed by atoms with van der Waals surface area (Å²) in [7, 11) is 0. The predicted molar refractivity (Wildman–Crippen MR) is 96.0 cm³/mol. The van der Waals surface area contributed by atoms with E-state index in [-0.39, 0.29) is 15.9 Å². The molecule has 7 nitrogen and oxygen atoms in total. The van der Waals surface area contributed by atoms with Crippen molar-refractivity contribution in [1.82, 2.24) is 20.2 Å². The Bertz CT molecular complexity index is 905. The number of para-hydroxylation sites is 1. The molecule has 0 bridgehead atoms. The minimum Gasteiger partial charge on any atom is -0.258 e. The second-order valence-corrected chi connectivity index (χ2v) is 7.03. The Morgan fingerprint density at radius 3 is 2.52 bits per heavy atom. The van der Waals surface area contributed by atoms with Crippen LogP contribution < -0.4 is 0 Å². The highest BCUT2D eigenvalue weighted by molar-refractivity contribution is 7.99. The number of non-ortho nitro benzene ring substituents is 1. The fraction of sp³-hybridized carbons (Fsp3) is 0.235. The molecule has 0 aliphatic carbocycles. The maximum Gasteiger partial charge on any atom is 0.269 e. The van der Waals surface area contributed by atoms with Crippen molar-refractivity contribution in [3.63, 3.8) is 0 Å². The van der Waals surface area contributed by atoms with Gasteiger partial charge in [-0.1, -0.05) is 42.1 Å². The monoisotopic (exact) mass is 355 g/mol. The number of benzene rings is 2. The molecular formula is C17H17N5O2S. The smallest absolute Gasteiger partial charge is 0.258 e. The molecule has 0 saturated heterocycles. The molecule has 0 radical (unpaired) electrons. The fourth-order valence-electron chi connectivity index (χ4n) is 2.65. The lowest BCUT2D eigenvalue weighted by molar-refractivity contribution is -0.384. The van der Waals surface area contributed by atoms with Crippen LogP contribution in [0.25, 0.3) is 5.69 Å². The normalized spacial score (nSPS) is 12.1. The molecule has 0 saturated carbocycles. The number of nitro groups is 1. The molecule has 8 heteroatoms. The highest BCUT2D eigenvalue weighted by Crippen LogP contribution is 2.35. The fourth-order valence-corrected chi connectivity index (χ4v) is 3.56. The zero-order valence-corrected chi connectivity index (χ0v) is 14.9. The summed E-state index contributed by atoms with van der Waals surface area (Å²) in [6.45, 7) is 6.01. The third kappa shape index (κ3) is 3.53. The molecule has 0 aliphatic rings. The maximum atomic E-state index is 11.0. The molecule has 1 heterocycles. The summed E-state index contributed by atoms with van der Waals surface area (Å²) in [6.07, 6.45) is 0. The van der Waals surface area contributed by atoms with Crippen molar-refractivity contribution in [2.45, 2.75) is 31.2 Å². The minimum absolute atomic E-state index is 0.0334. The van der Waals surface area contributed by atoms with Gasteiger partial charge in [-0.05, 0) is 47.9 Å². The van der Waals surface area contributed by atoms with Crippen LogP contribution in [0.15, 0.2) is 47.6 Å². The number of nitro benzene ring substituents is 1. The van der Waals surface area contributed by atoms with Crippen LogP contribution in [0.3, 0.4) is 0 Å². The van der Waals surface area contributed by atoms with Crippen LogP contribution in [0.1, 0.15) is 28.9 Å². The van der Waals surface area contributed by atoms with Gasteiger partial charge in [0.25, 0.3) is 5.69 Å². The van der Waals surface area contributed by atoms with E-state index in [1.807, 2.05) is 45.0 Å². The van der Waals surface area contributed by atoms with E-state index in [9.17, 15) is 10.1 Å². The third-order valence-electron chi connectivity index (χ3n) is 3.92.